The highest BCUT2D eigenvalue weighted by molar-refractivity contribution is 5.79. The quantitative estimate of drug-likeness (QED) is 0.418. The van der Waals surface area contributed by atoms with Gasteiger partial charge in [-0.05, 0) is 25.7 Å². The van der Waals surface area contributed by atoms with Crippen LogP contribution >= 0.6 is 0 Å². The highest BCUT2D eigenvalue weighted by Gasteiger charge is 2.04. The van der Waals surface area contributed by atoms with Gasteiger partial charge >= 0.3 is 0 Å². The lowest BCUT2D eigenvalue weighted by atomic mass is 10.0. The molecule has 0 saturated carbocycles. The lowest BCUT2D eigenvalue weighted by molar-refractivity contribution is 0.481. The standard InChI is InChI=1S/C16H31N5/c1-5-15(6-2)13-20-16(17-4)19-9-7-8-11-21-12-10-18-14(21)3/h10,12,15H,5-9,11,13H2,1-4H3,(H2,17,19,20). The molecule has 21 heavy (non-hydrogen) atoms. The van der Waals surface area contributed by atoms with E-state index < -0.39 is 0 Å². The molecule has 0 spiro atoms. The smallest absolute Gasteiger partial charge is 0.190 e. The number of nitrogens with zero attached hydrogens (tertiary/aromatic N) is 3. The lowest BCUT2D eigenvalue weighted by Crippen LogP contribution is -2.40. The second kappa shape index (κ2) is 10.2. The number of aromatic nitrogens is 2. The minimum absolute atomic E-state index is 0.729. The highest BCUT2D eigenvalue weighted by atomic mass is 15.2. The van der Waals surface area contributed by atoms with Crippen molar-refractivity contribution in [2.24, 2.45) is 10.9 Å². The van der Waals surface area contributed by atoms with Crippen LogP contribution in [0.2, 0.25) is 0 Å². The van der Waals surface area contributed by atoms with Crippen LogP contribution in [0.3, 0.4) is 0 Å². The van der Waals surface area contributed by atoms with Gasteiger partial charge in [-0.1, -0.05) is 26.7 Å². The van der Waals surface area contributed by atoms with E-state index >= 15 is 0 Å². The maximum atomic E-state index is 4.27. The van der Waals surface area contributed by atoms with E-state index in [1.165, 1.54) is 12.8 Å². The molecule has 0 aromatic carbocycles. The molecule has 0 fully saturated rings. The van der Waals surface area contributed by atoms with E-state index in [0.717, 1.165) is 50.2 Å². The fourth-order valence-electron chi connectivity index (χ4n) is 2.29. The zero-order valence-electron chi connectivity index (χ0n) is 14.0. The summed E-state index contributed by atoms with van der Waals surface area (Å²) in [7, 11) is 1.83. The van der Waals surface area contributed by atoms with Crippen molar-refractivity contribution in [3.8, 4) is 0 Å². The average molecular weight is 293 g/mol. The molecule has 0 saturated heterocycles. The van der Waals surface area contributed by atoms with E-state index in [4.69, 9.17) is 0 Å². The number of hydrogen-bond donors (Lipinski definition) is 2. The second-order valence-corrected chi connectivity index (χ2v) is 5.44. The first kappa shape index (κ1) is 17.5. The molecular weight excluding hydrogens is 262 g/mol. The van der Waals surface area contributed by atoms with Gasteiger partial charge < -0.3 is 15.2 Å². The van der Waals surface area contributed by atoms with E-state index in [0.29, 0.717) is 0 Å². The maximum Gasteiger partial charge on any atom is 0.190 e. The van der Waals surface area contributed by atoms with Crippen molar-refractivity contribution in [1.82, 2.24) is 20.2 Å². The van der Waals surface area contributed by atoms with Gasteiger partial charge in [0.15, 0.2) is 5.96 Å². The van der Waals surface area contributed by atoms with E-state index in [2.05, 4.69) is 39.0 Å². The Morgan fingerprint density at radius 1 is 1.29 bits per heavy atom. The Kier molecular flexibility index (Phi) is 8.55. The van der Waals surface area contributed by atoms with Crippen LogP contribution in [0.1, 0.15) is 45.4 Å². The third-order valence-electron chi connectivity index (χ3n) is 3.98. The zero-order valence-corrected chi connectivity index (χ0v) is 14.0. The molecule has 1 aromatic heterocycles. The second-order valence-electron chi connectivity index (χ2n) is 5.44. The third-order valence-corrected chi connectivity index (χ3v) is 3.98. The molecule has 2 N–H and O–H groups in total. The van der Waals surface area contributed by atoms with Crippen molar-refractivity contribution in [2.75, 3.05) is 20.1 Å². The minimum Gasteiger partial charge on any atom is -0.356 e. The summed E-state index contributed by atoms with van der Waals surface area (Å²) in [5, 5.41) is 6.79. The van der Waals surface area contributed by atoms with Crippen molar-refractivity contribution in [1.29, 1.82) is 0 Å². The summed E-state index contributed by atoms with van der Waals surface area (Å²) in [6.45, 7) is 9.51. The van der Waals surface area contributed by atoms with Crippen LogP contribution in [0.15, 0.2) is 17.4 Å². The molecule has 0 amide bonds. The van der Waals surface area contributed by atoms with Crippen molar-refractivity contribution < 1.29 is 0 Å². The molecule has 0 aliphatic carbocycles. The fourth-order valence-corrected chi connectivity index (χ4v) is 2.29. The molecule has 0 aliphatic heterocycles. The summed E-state index contributed by atoms with van der Waals surface area (Å²) in [4.78, 5) is 8.50. The Bertz CT molecular complexity index is 407. The molecule has 5 heteroatoms. The van der Waals surface area contributed by atoms with Gasteiger partial charge in [-0.15, -0.1) is 0 Å². The maximum absolute atomic E-state index is 4.27. The molecule has 5 nitrogen and oxygen atoms in total. The number of unbranched alkanes of at least 4 members (excludes halogenated alkanes) is 1. The number of rotatable bonds is 9. The van der Waals surface area contributed by atoms with Gasteiger partial charge in [-0.2, -0.15) is 0 Å². The predicted octanol–water partition coefficient (Wildman–Crippen LogP) is 2.57. The minimum atomic E-state index is 0.729. The van der Waals surface area contributed by atoms with Crippen LogP contribution in [0.5, 0.6) is 0 Å². The Labute approximate surface area is 129 Å². The third kappa shape index (κ3) is 6.65. The number of imidazole rings is 1. The molecule has 0 bridgehead atoms. The molecule has 0 aliphatic rings. The Hall–Kier alpha value is -1.52. The Balaban J connectivity index is 2.13. The molecule has 1 aromatic rings. The first-order valence-electron chi connectivity index (χ1n) is 8.13. The Morgan fingerprint density at radius 3 is 2.62 bits per heavy atom. The van der Waals surface area contributed by atoms with Gasteiger partial charge in [-0.25, -0.2) is 4.98 Å². The number of nitrogens with one attached hydrogen (secondary N) is 2. The van der Waals surface area contributed by atoms with Crippen LogP contribution in [-0.2, 0) is 6.54 Å². The SMILES string of the molecule is CCC(CC)CNC(=NC)NCCCCn1ccnc1C. The first-order valence-corrected chi connectivity index (χ1v) is 8.13. The lowest BCUT2D eigenvalue weighted by Gasteiger charge is -2.16. The highest BCUT2D eigenvalue weighted by Crippen LogP contribution is 2.04. The number of guanidine groups is 1. The van der Waals surface area contributed by atoms with Gasteiger partial charge in [0.25, 0.3) is 0 Å². The molecular formula is C16H31N5. The summed E-state index contributed by atoms with van der Waals surface area (Å²) >= 11 is 0. The fraction of sp³-hybridized carbons (Fsp3) is 0.750. The summed E-state index contributed by atoms with van der Waals surface area (Å²) in [6, 6.07) is 0. The summed E-state index contributed by atoms with van der Waals surface area (Å²) in [5.41, 5.74) is 0. The first-order chi connectivity index (χ1) is 10.2. The number of hydrogen-bond acceptors (Lipinski definition) is 2. The predicted molar refractivity (Wildman–Crippen MR) is 89.6 cm³/mol. The van der Waals surface area contributed by atoms with E-state index in [-0.39, 0.29) is 0 Å². The summed E-state index contributed by atoms with van der Waals surface area (Å²) < 4.78 is 2.19. The van der Waals surface area contributed by atoms with Gasteiger partial charge in [0.1, 0.15) is 5.82 Å². The van der Waals surface area contributed by atoms with Crippen molar-refractivity contribution in [3.63, 3.8) is 0 Å². The van der Waals surface area contributed by atoms with Gasteiger partial charge in [0, 0.05) is 39.1 Å². The van der Waals surface area contributed by atoms with Crippen LogP contribution in [0, 0.1) is 12.8 Å². The van der Waals surface area contributed by atoms with Crippen LogP contribution in [0.25, 0.3) is 0 Å². The molecule has 0 radical (unpaired) electrons. The van der Waals surface area contributed by atoms with Crippen molar-refractivity contribution in [2.45, 2.75) is 53.0 Å². The molecule has 1 heterocycles. The normalized spacial score (nSPS) is 12.0. The Morgan fingerprint density at radius 2 is 2.05 bits per heavy atom. The topological polar surface area (TPSA) is 54.2 Å². The van der Waals surface area contributed by atoms with Crippen LogP contribution in [0.4, 0.5) is 0 Å². The van der Waals surface area contributed by atoms with Crippen LogP contribution in [-0.4, -0.2) is 35.6 Å². The van der Waals surface area contributed by atoms with Gasteiger partial charge in [0.05, 0.1) is 0 Å². The molecule has 0 unspecified atom stereocenters. The van der Waals surface area contributed by atoms with Crippen molar-refractivity contribution >= 4 is 5.96 Å². The molecule has 120 valence electrons. The largest absolute Gasteiger partial charge is 0.356 e. The molecule has 1 rings (SSSR count). The van der Waals surface area contributed by atoms with Gasteiger partial charge in [0.2, 0.25) is 0 Å². The van der Waals surface area contributed by atoms with E-state index in [1.54, 1.807) is 0 Å². The number of aryl methyl sites for hydroxylation is 2. The average Bonchev–Trinajstić information content (AvgIpc) is 2.91. The van der Waals surface area contributed by atoms with E-state index in [9.17, 15) is 0 Å². The van der Waals surface area contributed by atoms with E-state index in [1.807, 2.05) is 26.4 Å². The number of aliphatic imine (C=N–C) groups is 1. The monoisotopic (exact) mass is 293 g/mol. The van der Waals surface area contributed by atoms with Gasteiger partial charge in [-0.3, -0.25) is 4.99 Å². The molecule has 0 atom stereocenters. The van der Waals surface area contributed by atoms with Crippen molar-refractivity contribution in [3.05, 3.63) is 18.2 Å². The zero-order chi connectivity index (χ0) is 15.5. The summed E-state index contributed by atoms with van der Waals surface area (Å²) in [5.74, 6) is 2.74. The summed E-state index contributed by atoms with van der Waals surface area (Å²) in [6.07, 6.45) is 8.60. The van der Waals surface area contributed by atoms with Crippen LogP contribution < -0.4 is 10.6 Å².